The van der Waals surface area contributed by atoms with E-state index in [-0.39, 0.29) is 0 Å². The molecule has 7 heteroatoms. The van der Waals surface area contributed by atoms with Crippen molar-refractivity contribution in [3.63, 3.8) is 0 Å². The molecule has 130 valence electrons. The van der Waals surface area contributed by atoms with E-state index in [9.17, 15) is 9.59 Å². The van der Waals surface area contributed by atoms with Gasteiger partial charge in [0.2, 0.25) is 0 Å². The fourth-order valence-corrected chi connectivity index (χ4v) is 3.58. The Bertz CT molecular complexity index is 1010. The summed E-state index contributed by atoms with van der Waals surface area (Å²) in [5.74, 6) is 1.18. The van der Waals surface area contributed by atoms with Crippen LogP contribution in [-0.2, 0) is 13.0 Å². The second kappa shape index (κ2) is 6.23. The molecule has 1 aliphatic rings. The van der Waals surface area contributed by atoms with E-state index >= 15 is 0 Å². The lowest BCUT2D eigenvalue weighted by atomic mass is 10.1. The molecule has 1 aromatic carbocycles. The average molecular weight is 339 g/mol. The van der Waals surface area contributed by atoms with E-state index in [0.717, 1.165) is 24.2 Å². The van der Waals surface area contributed by atoms with E-state index in [1.54, 1.807) is 4.57 Å². The molecule has 4 rings (SSSR count). The van der Waals surface area contributed by atoms with Crippen LogP contribution in [0.2, 0.25) is 0 Å². The number of hydrogen-bond acceptors (Lipinski definition) is 4. The maximum absolute atomic E-state index is 12.3. The van der Waals surface area contributed by atoms with Crippen molar-refractivity contribution in [2.45, 2.75) is 44.6 Å². The van der Waals surface area contributed by atoms with Gasteiger partial charge in [-0.05, 0) is 37.0 Å². The molecule has 25 heavy (non-hydrogen) atoms. The second-order valence-corrected chi connectivity index (χ2v) is 6.70. The van der Waals surface area contributed by atoms with Crippen LogP contribution in [0.4, 0.5) is 5.69 Å². The number of H-pyrrole nitrogens is 2. The minimum atomic E-state index is -0.419. The first-order valence-electron chi connectivity index (χ1n) is 8.69. The highest BCUT2D eigenvalue weighted by atomic mass is 16.2. The molecule has 1 aliphatic carbocycles. The van der Waals surface area contributed by atoms with Crippen molar-refractivity contribution < 1.29 is 0 Å². The van der Waals surface area contributed by atoms with Gasteiger partial charge in [-0.25, -0.2) is 9.78 Å². The summed E-state index contributed by atoms with van der Waals surface area (Å²) in [6, 6.07) is 7.57. The second-order valence-electron chi connectivity index (χ2n) is 6.70. The maximum Gasteiger partial charge on any atom is 0.330 e. The zero-order valence-electron chi connectivity index (χ0n) is 13.9. The van der Waals surface area contributed by atoms with E-state index in [0.29, 0.717) is 35.7 Å². The maximum atomic E-state index is 12.3. The van der Waals surface area contributed by atoms with Crippen LogP contribution in [0.25, 0.3) is 11.2 Å². The van der Waals surface area contributed by atoms with Gasteiger partial charge in [0.05, 0.1) is 0 Å². The Hall–Kier alpha value is -2.83. The Morgan fingerprint density at radius 3 is 2.56 bits per heavy atom. The normalized spacial score (nSPS) is 15.2. The molecule has 0 spiro atoms. The third kappa shape index (κ3) is 2.97. The molecule has 0 saturated heterocycles. The molecule has 2 aromatic heterocycles. The van der Waals surface area contributed by atoms with Gasteiger partial charge in [0.1, 0.15) is 11.3 Å². The number of nitrogens with one attached hydrogen (secondary N) is 2. The lowest BCUT2D eigenvalue weighted by Crippen LogP contribution is -2.31. The van der Waals surface area contributed by atoms with Gasteiger partial charge in [-0.3, -0.25) is 14.3 Å². The fraction of sp³-hybridized carbons (Fsp3) is 0.389. The van der Waals surface area contributed by atoms with Gasteiger partial charge in [-0.15, -0.1) is 0 Å². The van der Waals surface area contributed by atoms with Crippen LogP contribution in [0.1, 0.15) is 43.0 Å². The highest BCUT2D eigenvalue weighted by Crippen LogP contribution is 2.32. The number of hydrogen-bond donors (Lipinski definition) is 3. The smallest absolute Gasteiger partial charge is 0.330 e. The van der Waals surface area contributed by atoms with Crippen molar-refractivity contribution in [2.24, 2.45) is 0 Å². The first-order chi connectivity index (χ1) is 12.1. The molecule has 0 unspecified atom stereocenters. The number of benzene rings is 1. The zero-order chi connectivity index (χ0) is 17.4. The van der Waals surface area contributed by atoms with E-state index in [2.05, 4.69) is 15.0 Å². The van der Waals surface area contributed by atoms with E-state index in [4.69, 9.17) is 5.73 Å². The minimum Gasteiger partial charge on any atom is -0.399 e. The number of nitrogens with two attached hydrogens (primary N) is 1. The Kier molecular flexibility index (Phi) is 3.91. The molecule has 3 aromatic rings. The third-order valence-corrected chi connectivity index (χ3v) is 5.00. The molecule has 0 atom stereocenters. The van der Waals surface area contributed by atoms with Gasteiger partial charge in [0, 0.05) is 18.2 Å². The van der Waals surface area contributed by atoms with E-state index < -0.39 is 11.2 Å². The molecular formula is C18H21N5O2. The summed E-state index contributed by atoms with van der Waals surface area (Å²) in [7, 11) is 0. The van der Waals surface area contributed by atoms with Gasteiger partial charge in [0.25, 0.3) is 5.56 Å². The Balaban J connectivity index is 1.70. The number of rotatable bonds is 4. The number of anilines is 1. The largest absolute Gasteiger partial charge is 0.399 e. The number of nitrogens with zero attached hydrogens (tertiary/aromatic N) is 2. The van der Waals surface area contributed by atoms with Crippen molar-refractivity contribution >= 4 is 16.9 Å². The predicted molar refractivity (Wildman–Crippen MR) is 96.7 cm³/mol. The van der Waals surface area contributed by atoms with Crippen molar-refractivity contribution in [2.75, 3.05) is 5.73 Å². The quantitative estimate of drug-likeness (QED) is 0.631. The third-order valence-electron chi connectivity index (χ3n) is 5.00. The lowest BCUT2D eigenvalue weighted by molar-refractivity contribution is 0.658. The highest BCUT2D eigenvalue weighted by molar-refractivity contribution is 5.69. The van der Waals surface area contributed by atoms with Crippen LogP contribution >= 0.6 is 0 Å². The van der Waals surface area contributed by atoms with Crippen LogP contribution in [0.5, 0.6) is 0 Å². The van der Waals surface area contributed by atoms with Gasteiger partial charge in [-0.1, -0.05) is 25.0 Å². The number of nitrogen functional groups attached to an aromatic ring is 1. The van der Waals surface area contributed by atoms with Gasteiger partial charge < -0.3 is 10.7 Å². The standard InChI is InChI=1S/C18H21N5O2/c19-13-7-5-11(6-8-13)9-10-23-16-14(17(24)22-18(23)25)20-15(21-16)12-3-1-2-4-12/h5-8,12H,1-4,9-10,19H2,(H,20,21)(H,22,24,25). The molecule has 1 saturated carbocycles. The van der Waals surface area contributed by atoms with E-state index in [1.807, 2.05) is 24.3 Å². The van der Waals surface area contributed by atoms with Crippen LogP contribution in [0.15, 0.2) is 33.9 Å². The topological polar surface area (TPSA) is 110 Å². The number of aryl methyl sites for hydroxylation is 2. The number of imidazole rings is 1. The summed E-state index contributed by atoms with van der Waals surface area (Å²) in [5.41, 5.74) is 7.50. The molecule has 1 fully saturated rings. The van der Waals surface area contributed by atoms with Crippen molar-refractivity contribution in [1.82, 2.24) is 19.5 Å². The first kappa shape index (κ1) is 15.7. The number of fused-ring (bicyclic) bond motifs is 1. The monoisotopic (exact) mass is 339 g/mol. The van der Waals surface area contributed by atoms with Crippen LogP contribution in [0.3, 0.4) is 0 Å². The van der Waals surface area contributed by atoms with Crippen molar-refractivity contribution in [3.05, 3.63) is 56.5 Å². The van der Waals surface area contributed by atoms with Gasteiger partial charge >= 0.3 is 5.69 Å². The lowest BCUT2D eigenvalue weighted by Gasteiger charge is -2.06. The van der Waals surface area contributed by atoms with Gasteiger partial charge in [0.15, 0.2) is 5.65 Å². The fourth-order valence-electron chi connectivity index (χ4n) is 3.58. The summed E-state index contributed by atoms with van der Waals surface area (Å²) in [6.45, 7) is 0.449. The summed E-state index contributed by atoms with van der Waals surface area (Å²) in [5, 5.41) is 0. The van der Waals surface area contributed by atoms with Crippen LogP contribution < -0.4 is 17.0 Å². The molecular weight excluding hydrogens is 318 g/mol. The summed E-state index contributed by atoms with van der Waals surface area (Å²) in [6.07, 6.45) is 5.18. The summed E-state index contributed by atoms with van der Waals surface area (Å²) >= 11 is 0. The molecule has 7 nitrogen and oxygen atoms in total. The number of aromatic nitrogens is 4. The molecule has 2 heterocycles. The zero-order valence-corrected chi connectivity index (χ0v) is 13.9. The number of aromatic amines is 2. The van der Waals surface area contributed by atoms with Gasteiger partial charge in [-0.2, -0.15) is 0 Å². The Morgan fingerprint density at radius 1 is 1.12 bits per heavy atom. The van der Waals surface area contributed by atoms with Crippen molar-refractivity contribution in [1.29, 1.82) is 0 Å². The molecule has 0 bridgehead atoms. The molecule has 0 aliphatic heterocycles. The van der Waals surface area contributed by atoms with Crippen LogP contribution in [-0.4, -0.2) is 19.5 Å². The SMILES string of the molecule is Nc1ccc(CCn2c(=O)[nH]c(=O)c3[nH]c(C4CCCC4)nc32)cc1. The molecule has 4 N–H and O–H groups in total. The Labute approximate surface area is 143 Å². The minimum absolute atomic E-state index is 0.354. The first-order valence-corrected chi connectivity index (χ1v) is 8.69. The summed E-state index contributed by atoms with van der Waals surface area (Å²) < 4.78 is 1.54. The average Bonchev–Trinajstić information content (AvgIpc) is 3.25. The van der Waals surface area contributed by atoms with Crippen molar-refractivity contribution in [3.8, 4) is 0 Å². The highest BCUT2D eigenvalue weighted by Gasteiger charge is 2.22. The van der Waals surface area contributed by atoms with Crippen LogP contribution in [0, 0.1) is 0 Å². The molecule has 0 amide bonds. The molecule has 0 radical (unpaired) electrons. The predicted octanol–water partition coefficient (Wildman–Crippen LogP) is 1.90. The van der Waals surface area contributed by atoms with E-state index in [1.165, 1.54) is 12.8 Å². The summed E-state index contributed by atoms with van der Waals surface area (Å²) in [4.78, 5) is 34.6. The Morgan fingerprint density at radius 2 is 1.84 bits per heavy atom.